The Bertz CT molecular complexity index is 903. The lowest BCUT2D eigenvalue weighted by Crippen LogP contribution is -2.22. The van der Waals surface area contributed by atoms with Crippen LogP contribution in [0, 0.1) is 18.3 Å². The standard InChI is InChI=1S/C16H17N5O2S/c1-10-13(19-15(24-3)12(9-17)14(18)22)16(23)21(20(10)2)11-7-5-4-6-8-11/h4-8,19H,1-3H3,(H2,18,22)/b15-12-. The van der Waals surface area contributed by atoms with Gasteiger partial charge in [-0.25, -0.2) is 4.68 Å². The normalized spacial score (nSPS) is 11.6. The highest BCUT2D eigenvalue weighted by molar-refractivity contribution is 8.02. The summed E-state index contributed by atoms with van der Waals surface area (Å²) in [5, 5.41) is 12.2. The quantitative estimate of drug-likeness (QED) is 0.632. The first-order chi connectivity index (χ1) is 11.4. The minimum Gasteiger partial charge on any atom is -0.365 e. The van der Waals surface area contributed by atoms with Crippen molar-refractivity contribution in [1.82, 2.24) is 9.36 Å². The van der Waals surface area contributed by atoms with E-state index in [9.17, 15) is 9.59 Å². The van der Waals surface area contributed by atoms with Gasteiger partial charge >= 0.3 is 0 Å². The molecule has 0 bridgehead atoms. The second-order valence-corrected chi connectivity index (χ2v) is 5.76. The number of nitrogens with one attached hydrogen (secondary N) is 1. The first-order valence-corrected chi connectivity index (χ1v) is 8.24. The van der Waals surface area contributed by atoms with Crippen molar-refractivity contribution in [3.63, 3.8) is 0 Å². The van der Waals surface area contributed by atoms with Crippen molar-refractivity contribution >= 4 is 23.4 Å². The fourth-order valence-electron chi connectivity index (χ4n) is 2.26. The van der Waals surface area contributed by atoms with Crippen molar-refractivity contribution in [2.75, 3.05) is 11.6 Å². The summed E-state index contributed by atoms with van der Waals surface area (Å²) >= 11 is 1.14. The van der Waals surface area contributed by atoms with Crippen molar-refractivity contribution < 1.29 is 4.79 Å². The minimum atomic E-state index is -0.841. The number of rotatable bonds is 5. The number of primary amides is 1. The number of nitrogens with zero attached hydrogens (tertiary/aromatic N) is 3. The molecule has 3 N–H and O–H groups in total. The van der Waals surface area contributed by atoms with Crippen LogP contribution in [0.15, 0.2) is 45.7 Å². The molecule has 0 aliphatic carbocycles. The third-order valence-corrected chi connectivity index (χ3v) is 4.30. The minimum absolute atomic E-state index is 0.212. The molecule has 1 aromatic heterocycles. The van der Waals surface area contributed by atoms with Gasteiger partial charge in [0.1, 0.15) is 17.3 Å². The Kier molecular flexibility index (Phi) is 5.16. The Morgan fingerprint density at radius 3 is 2.46 bits per heavy atom. The molecule has 1 amide bonds. The Balaban J connectivity index is 2.60. The zero-order valence-corrected chi connectivity index (χ0v) is 14.3. The van der Waals surface area contributed by atoms with Gasteiger partial charge in [0, 0.05) is 7.05 Å². The Hall–Kier alpha value is -2.92. The molecule has 2 rings (SSSR count). The van der Waals surface area contributed by atoms with Gasteiger partial charge in [-0.05, 0) is 25.3 Å². The highest BCUT2D eigenvalue weighted by Gasteiger charge is 2.19. The van der Waals surface area contributed by atoms with Gasteiger partial charge in [-0.1, -0.05) is 18.2 Å². The van der Waals surface area contributed by atoms with Crippen LogP contribution in [0.4, 0.5) is 5.69 Å². The first kappa shape index (κ1) is 17.4. The van der Waals surface area contributed by atoms with Gasteiger partial charge < -0.3 is 11.1 Å². The van der Waals surface area contributed by atoms with E-state index in [0.29, 0.717) is 17.1 Å². The number of anilines is 1. The maximum atomic E-state index is 12.8. The highest BCUT2D eigenvalue weighted by Crippen LogP contribution is 2.22. The van der Waals surface area contributed by atoms with Crippen LogP contribution in [0.2, 0.25) is 0 Å². The predicted octanol–water partition coefficient (Wildman–Crippen LogP) is 1.48. The van der Waals surface area contributed by atoms with Crippen LogP contribution in [0.1, 0.15) is 5.69 Å². The zero-order chi connectivity index (χ0) is 17.9. The number of benzene rings is 1. The molecule has 0 unspecified atom stereocenters. The number of hydrogen-bond acceptors (Lipinski definition) is 5. The number of nitrogens with two attached hydrogens (primary N) is 1. The zero-order valence-electron chi connectivity index (χ0n) is 13.5. The van der Waals surface area contributed by atoms with Gasteiger partial charge in [0.25, 0.3) is 11.5 Å². The number of hydrogen-bond donors (Lipinski definition) is 2. The highest BCUT2D eigenvalue weighted by atomic mass is 32.2. The summed E-state index contributed by atoms with van der Waals surface area (Å²) in [6, 6.07) is 11.0. The van der Waals surface area contributed by atoms with Crippen LogP contribution in [0.25, 0.3) is 5.69 Å². The third-order valence-electron chi connectivity index (χ3n) is 3.58. The van der Waals surface area contributed by atoms with Gasteiger partial charge in [-0.3, -0.25) is 14.3 Å². The van der Waals surface area contributed by atoms with Crippen molar-refractivity contribution in [2.24, 2.45) is 12.8 Å². The molecule has 0 radical (unpaired) electrons. The van der Waals surface area contributed by atoms with Crippen molar-refractivity contribution in [3.8, 4) is 11.8 Å². The third kappa shape index (κ3) is 3.07. The molecule has 124 valence electrons. The lowest BCUT2D eigenvalue weighted by atomic mass is 10.3. The van der Waals surface area contributed by atoms with E-state index in [-0.39, 0.29) is 16.2 Å². The molecule has 0 saturated carbocycles. The van der Waals surface area contributed by atoms with E-state index in [1.54, 1.807) is 31.0 Å². The predicted molar refractivity (Wildman–Crippen MR) is 94.7 cm³/mol. The average molecular weight is 343 g/mol. The van der Waals surface area contributed by atoms with Crippen LogP contribution in [-0.2, 0) is 11.8 Å². The maximum Gasteiger partial charge on any atom is 0.295 e. The van der Waals surface area contributed by atoms with Gasteiger partial charge in [0.05, 0.1) is 16.4 Å². The number of carbonyl (C=O) groups excluding carboxylic acids is 1. The van der Waals surface area contributed by atoms with Crippen LogP contribution < -0.4 is 16.6 Å². The average Bonchev–Trinajstić information content (AvgIpc) is 2.78. The van der Waals surface area contributed by atoms with Crippen LogP contribution in [0.5, 0.6) is 0 Å². The van der Waals surface area contributed by atoms with E-state index in [1.165, 1.54) is 4.68 Å². The molecule has 0 aliphatic heterocycles. The molecular formula is C16H17N5O2S. The van der Waals surface area contributed by atoms with E-state index in [1.807, 2.05) is 30.3 Å². The molecule has 0 spiro atoms. The summed E-state index contributed by atoms with van der Waals surface area (Å²) in [6.45, 7) is 1.78. The molecule has 0 fully saturated rings. The Morgan fingerprint density at radius 1 is 1.33 bits per heavy atom. The van der Waals surface area contributed by atoms with E-state index < -0.39 is 5.91 Å². The smallest absolute Gasteiger partial charge is 0.295 e. The van der Waals surface area contributed by atoms with Crippen LogP contribution in [-0.4, -0.2) is 21.5 Å². The summed E-state index contributed by atoms with van der Waals surface area (Å²) in [4.78, 5) is 24.2. The van der Waals surface area contributed by atoms with Gasteiger partial charge in [-0.2, -0.15) is 5.26 Å². The largest absolute Gasteiger partial charge is 0.365 e. The lowest BCUT2D eigenvalue weighted by molar-refractivity contribution is -0.114. The summed E-state index contributed by atoms with van der Waals surface area (Å²) in [6.07, 6.45) is 1.69. The summed E-state index contributed by atoms with van der Waals surface area (Å²) < 4.78 is 3.21. The topological polar surface area (TPSA) is 106 Å². The summed E-state index contributed by atoms with van der Waals surface area (Å²) in [5.41, 5.74) is 6.39. The molecule has 24 heavy (non-hydrogen) atoms. The fourth-order valence-corrected chi connectivity index (χ4v) is 2.81. The maximum absolute atomic E-state index is 12.8. The van der Waals surface area contributed by atoms with Crippen molar-refractivity contribution in [1.29, 1.82) is 5.26 Å². The van der Waals surface area contributed by atoms with E-state index in [4.69, 9.17) is 11.0 Å². The van der Waals surface area contributed by atoms with Crippen LogP contribution >= 0.6 is 11.8 Å². The molecule has 1 heterocycles. The number of nitriles is 1. The molecule has 0 saturated heterocycles. The van der Waals surface area contributed by atoms with Gasteiger partial charge in [0.15, 0.2) is 0 Å². The number of amides is 1. The molecule has 1 aromatic carbocycles. The van der Waals surface area contributed by atoms with E-state index in [2.05, 4.69) is 5.32 Å². The second-order valence-electron chi connectivity index (χ2n) is 4.95. The molecule has 2 aromatic rings. The van der Waals surface area contributed by atoms with Crippen LogP contribution in [0.3, 0.4) is 0 Å². The second kappa shape index (κ2) is 7.10. The van der Waals surface area contributed by atoms with Gasteiger partial charge in [-0.15, -0.1) is 11.8 Å². The number of thioether (sulfide) groups is 1. The van der Waals surface area contributed by atoms with Crippen molar-refractivity contribution in [3.05, 3.63) is 57.0 Å². The molecule has 0 atom stereocenters. The lowest BCUT2D eigenvalue weighted by Gasteiger charge is -2.08. The molecule has 0 aliphatic rings. The number of aromatic nitrogens is 2. The van der Waals surface area contributed by atoms with E-state index in [0.717, 1.165) is 11.8 Å². The molecule has 7 nitrogen and oxygen atoms in total. The summed E-state index contributed by atoms with van der Waals surface area (Å²) in [7, 11) is 1.76. The number of carbonyl (C=O) groups is 1. The Labute approximate surface area is 143 Å². The monoisotopic (exact) mass is 343 g/mol. The molecule has 8 heteroatoms. The molecular weight excluding hydrogens is 326 g/mol. The SMILES string of the molecule is CS/C(Nc1c(C)n(C)n(-c2ccccc2)c1=O)=C(/C#N)C(N)=O. The fraction of sp³-hybridized carbons (Fsp3) is 0.188. The van der Waals surface area contributed by atoms with E-state index >= 15 is 0 Å². The Morgan fingerprint density at radius 2 is 1.96 bits per heavy atom. The number of para-hydroxylation sites is 1. The van der Waals surface area contributed by atoms with Gasteiger partial charge in [0.2, 0.25) is 0 Å². The first-order valence-electron chi connectivity index (χ1n) is 7.01. The van der Waals surface area contributed by atoms with Crippen molar-refractivity contribution in [2.45, 2.75) is 6.92 Å². The summed E-state index contributed by atoms with van der Waals surface area (Å²) in [5.74, 6) is -0.841.